The zero-order chi connectivity index (χ0) is 12.5. The molecule has 0 unspecified atom stereocenters. The number of nitrogen functional groups attached to an aromatic ring is 1. The van der Waals surface area contributed by atoms with Crippen molar-refractivity contribution in [3.63, 3.8) is 0 Å². The van der Waals surface area contributed by atoms with Crippen LogP contribution < -0.4 is 10.6 Å². The van der Waals surface area contributed by atoms with Gasteiger partial charge in [-0.05, 0) is 37.5 Å². The zero-order valence-electron chi connectivity index (χ0n) is 10.9. The van der Waals surface area contributed by atoms with Crippen molar-refractivity contribution in [2.75, 3.05) is 17.2 Å². The third kappa shape index (κ3) is 2.68. The number of aryl methyl sites for hydroxylation is 1. The highest BCUT2D eigenvalue weighted by molar-refractivity contribution is 5.85. The maximum absolute atomic E-state index is 6.04. The Balaban J connectivity index is 0.00000133. The molecule has 1 aromatic heterocycles. The molecule has 1 aliphatic rings. The summed E-state index contributed by atoms with van der Waals surface area (Å²) in [4.78, 5) is 2.33. The van der Waals surface area contributed by atoms with Gasteiger partial charge in [-0.15, -0.1) is 12.4 Å². The summed E-state index contributed by atoms with van der Waals surface area (Å²) in [5, 5.41) is 4.06. The molecule has 102 valence electrons. The number of rotatable bonds is 2. The molecular formula is C14H18ClN3O. The molecule has 0 aliphatic carbocycles. The molecule has 1 aromatic carbocycles. The van der Waals surface area contributed by atoms with Gasteiger partial charge < -0.3 is 15.2 Å². The third-order valence-electron chi connectivity index (χ3n) is 3.41. The fraction of sp³-hybridized carbons (Fsp3) is 0.357. The summed E-state index contributed by atoms with van der Waals surface area (Å²) in [7, 11) is 0. The van der Waals surface area contributed by atoms with Crippen molar-refractivity contribution in [3.8, 4) is 0 Å². The molecular weight excluding hydrogens is 262 g/mol. The zero-order valence-corrected chi connectivity index (χ0v) is 11.7. The maximum atomic E-state index is 6.04. The standard InChI is InChI=1S/C14H17N3O.ClH/c1-10-8-11(16-18-10)9-17-7-3-4-12-13(15)5-2-6-14(12)17;/h2,5-6,8H,3-4,7,9,15H2,1H3;1H. The van der Waals surface area contributed by atoms with E-state index in [2.05, 4.69) is 16.1 Å². The molecule has 0 saturated heterocycles. The summed E-state index contributed by atoms with van der Waals surface area (Å²) in [5.74, 6) is 0.856. The lowest BCUT2D eigenvalue weighted by Gasteiger charge is -2.31. The Kier molecular flexibility index (Phi) is 4.00. The predicted octanol–water partition coefficient (Wildman–Crippen LogP) is 2.94. The van der Waals surface area contributed by atoms with Crippen molar-refractivity contribution in [3.05, 3.63) is 41.3 Å². The van der Waals surface area contributed by atoms with Gasteiger partial charge in [-0.1, -0.05) is 11.2 Å². The first-order valence-corrected chi connectivity index (χ1v) is 6.28. The second kappa shape index (κ2) is 5.53. The lowest BCUT2D eigenvalue weighted by molar-refractivity contribution is 0.389. The van der Waals surface area contributed by atoms with Gasteiger partial charge in [0, 0.05) is 24.0 Å². The average Bonchev–Trinajstić information content (AvgIpc) is 2.76. The van der Waals surface area contributed by atoms with Crippen molar-refractivity contribution in [2.24, 2.45) is 0 Å². The van der Waals surface area contributed by atoms with Crippen LogP contribution in [0.1, 0.15) is 23.4 Å². The van der Waals surface area contributed by atoms with Gasteiger partial charge in [0.05, 0.1) is 6.54 Å². The van der Waals surface area contributed by atoms with Crippen molar-refractivity contribution in [1.82, 2.24) is 5.16 Å². The minimum Gasteiger partial charge on any atom is -0.398 e. The summed E-state index contributed by atoms with van der Waals surface area (Å²) in [6.07, 6.45) is 2.20. The normalized spacial score (nSPS) is 13.8. The molecule has 5 heteroatoms. The predicted molar refractivity (Wildman–Crippen MR) is 78.7 cm³/mol. The van der Waals surface area contributed by atoms with E-state index in [-0.39, 0.29) is 12.4 Å². The Hall–Kier alpha value is -1.68. The van der Waals surface area contributed by atoms with Crippen LogP contribution in [0, 0.1) is 6.92 Å². The lowest BCUT2D eigenvalue weighted by Crippen LogP contribution is -2.29. The van der Waals surface area contributed by atoms with Crippen LogP contribution in [0.15, 0.2) is 28.8 Å². The van der Waals surface area contributed by atoms with E-state index in [9.17, 15) is 0 Å². The molecule has 0 bridgehead atoms. The monoisotopic (exact) mass is 279 g/mol. The van der Waals surface area contributed by atoms with Crippen LogP contribution in [0.4, 0.5) is 11.4 Å². The number of nitrogens with two attached hydrogens (primary N) is 1. The second-order valence-electron chi connectivity index (χ2n) is 4.80. The van der Waals surface area contributed by atoms with E-state index in [0.717, 1.165) is 43.1 Å². The van der Waals surface area contributed by atoms with E-state index in [0.29, 0.717) is 0 Å². The Morgan fingerprint density at radius 3 is 3.00 bits per heavy atom. The van der Waals surface area contributed by atoms with Gasteiger partial charge in [0.15, 0.2) is 0 Å². The summed E-state index contributed by atoms with van der Waals surface area (Å²) < 4.78 is 5.12. The molecule has 0 radical (unpaired) electrons. The van der Waals surface area contributed by atoms with Crippen LogP contribution in [-0.2, 0) is 13.0 Å². The van der Waals surface area contributed by atoms with Crippen LogP contribution in [0.25, 0.3) is 0 Å². The molecule has 2 heterocycles. The highest BCUT2D eigenvalue weighted by atomic mass is 35.5. The van der Waals surface area contributed by atoms with Gasteiger partial charge in [0.1, 0.15) is 11.5 Å². The van der Waals surface area contributed by atoms with Crippen LogP contribution in [-0.4, -0.2) is 11.7 Å². The van der Waals surface area contributed by atoms with Gasteiger partial charge in [0.25, 0.3) is 0 Å². The van der Waals surface area contributed by atoms with E-state index >= 15 is 0 Å². The average molecular weight is 280 g/mol. The van der Waals surface area contributed by atoms with E-state index in [1.807, 2.05) is 25.1 Å². The highest BCUT2D eigenvalue weighted by Crippen LogP contribution is 2.32. The molecule has 0 amide bonds. The van der Waals surface area contributed by atoms with Gasteiger partial charge in [-0.25, -0.2) is 0 Å². The Morgan fingerprint density at radius 2 is 2.26 bits per heavy atom. The number of aromatic nitrogens is 1. The van der Waals surface area contributed by atoms with Crippen molar-refractivity contribution < 1.29 is 4.52 Å². The summed E-state index contributed by atoms with van der Waals surface area (Å²) >= 11 is 0. The molecule has 0 atom stereocenters. The van der Waals surface area contributed by atoms with Crippen LogP contribution in [0.5, 0.6) is 0 Å². The molecule has 19 heavy (non-hydrogen) atoms. The van der Waals surface area contributed by atoms with Crippen molar-refractivity contribution in [1.29, 1.82) is 0 Å². The van der Waals surface area contributed by atoms with Crippen LogP contribution in [0.3, 0.4) is 0 Å². The maximum Gasteiger partial charge on any atom is 0.133 e. The Morgan fingerprint density at radius 1 is 1.42 bits per heavy atom. The molecule has 1 aliphatic heterocycles. The SMILES string of the molecule is Cc1cc(CN2CCCc3c(N)cccc32)no1.Cl. The van der Waals surface area contributed by atoms with Crippen molar-refractivity contribution >= 4 is 23.8 Å². The minimum atomic E-state index is 0. The van der Waals surface area contributed by atoms with Gasteiger partial charge >= 0.3 is 0 Å². The van der Waals surface area contributed by atoms with Gasteiger partial charge in [-0.3, -0.25) is 0 Å². The first-order chi connectivity index (χ1) is 8.74. The van der Waals surface area contributed by atoms with Crippen LogP contribution in [0.2, 0.25) is 0 Å². The largest absolute Gasteiger partial charge is 0.398 e. The first kappa shape index (κ1) is 13.7. The van der Waals surface area contributed by atoms with Crippen LogP contribution >= 0.6 is 12.4 Å². The fourth-order valence-corrected chi connectivity index (χ4v) is 2.58. The van der Waals surface area contributed by atoms with E-state index < -0.39 is 0 Å². The van der Waals surface area contributed by atoms with Crippen molar-refractivity contribution in [2.45, 2.75) is 26.3 Å². The molecule has 3 rings (SSSR count). The number of anilines is 2. The van der Waals surface area contributed by atoms with E-state index in [1.54, 1.807) is 0 Å². The number of nitrogens with zero attached hydrogens (tertiary/aromatic N) is 2. The smallest absolute Gasteiger partial charge is 0.133 e. The number of hydrogen-bond donors (Lipinski definition) is 1. The quantitative estimate of drug-likeness (QED) is 0.859. The summed E-state index contributed by atoms with van der Waals surface area (Å²) in [5.41, 5.74) is 10.4. The Labute approximate surface area is 119 Å². The molecule has 0 spiro atoms. The number of halogens is 1. The fourth-order valence-electron chi connectivity index (χ4n) is 2.58. The van der Waals surface area contributed by atoms with Gasteiger partial charge in [-0.2, -0.15) is 0 Å². The number of fused-ring (bicyclic) bond motifs is 1. The van der Waals surface area contributed by atoms with E-state index in [1.165, 1.54) is 11.3 Å². The molecule has 2 N–H and O–H groups in total. The highest BCUT2D eigenvalue weighted by Gasteiger charge is 2.19. The Bertz CT molecular complexity index is 568. The van der Waals surface area contributed by atoms with E-state index in [4.69, 9.17) is 10.3 Å². The number of benzene rings is 1. The lowest BCUT2D eigenvalue weighted by atomic mass is 10.00. The number of hydrogen-bond acceptors (Lipinski definition) is 4. The second-order valence-corrected chi connectivity index (χ2v) is 4.80. The minimum absolute atomic E-state index is 0. The molecule has 4 nitrogen and oxygen atoms in total. The first-order valence-electron chi connectivity index (χ1n) is 6.28. The molecule has 0 saturated carbocycles. The summed E-state index contributed by atoms with van der Waals surface area (Å²) in [6, 6.07) is 8.11. The third-order valence-corrected chi connectivity index (χ3v) is 3.41. The summed E-state index contributed by atoms with van der Waals surface area (Å²) in [6.45, 7) is 3.74. The molecule has 2 aromatic rings. The topological polar surface area (TPSA) is 55.3 Å². The van der Waals surface area contributed by atoms with Gasteiger partial charge in [0.2, 0.25) is 0 Å². The molecule has 0 fully saturated rings.